The van der Waals surface area contributed by atoms with Gasteiger partial charge in [-0.25, -0.2) is 0 Å². The minimum atomic E-state index is -0.0781. The summed E-state index contributed by atoms with van der Waals surface area (Å²) in [5.41, 5.74) is 8.96. The van der Waals surface area contributed by atoms with Crippen LogP contribution in [0, 0.1) is 6.92 Å². The van der Waals surface area contributed by atoms with Gasteiger partial charge in [-0.3, -0.25) is 9.59 Å². The van der Waals surface area contributed by atoms with Gasteiger partial charge in [-0.1, -0.05) is 109 Å². The Morgan fingerprint density at radius 3 is 2.07 bits per heavy atom. The Labute approximate surface area is 258 Å². The molecule has 0 radical (unpaired) electrons. The molecule has 7 rings (SSSR count). The SMILES string of the molecule is Cc1c(C(=O)N2CCC(c3cn(C)c4ccccc34)C2)ccc(-c2ccccc2)c1C(=O)c1ccc(-c2ccccc2)cc1. The lowest BCUT2D eigenvalue weighted by molar-refractivity contribution is 0.0790. The highest BCUT2D eigenvalue weighted by atomic mass is 16.2. The predicted octanol–water partition coefficient (Wildman–Crippen LogP) is 8.68. The third-order valence-corrected chi connectivity index (χ3v) is 9.10. The fraction of sp³-hybridized carbons (Fsp3) is 0.150. The number of aryl methyl sites for hydroxylation is 1. The summed E-state index contributed by atoms with van der Waals surface area (Å²) in [4.78, 5) is 30.3. The molecule has 216 valence electrons. The van der Waals surface area contributed by atoms with E-state index >= 15 is 0 Å². The summed E-state index contributed by atoms with van der Waals surface area (Å²) < 4.78 is 2.17. The molecule has 44 heavy (non-hydrogen) atoms. The van der Waals surface area contributed by atoms with E-state index in [2.05, 4.69) is 54.2 Å². The highest BCUT2D eigenvalue weighted by molar-refractivity contribution is 6.15. The van der Waals surface area contributed by atoms with Crippen molar-refractivity contribution in [3.05, 3.63) is 155 Å². The second-order valence-corrected chi connectivity index (χ2v) is 11.7. The summed E-state index contributed by atoms with van der Waals surface area (Å²) >= 11 is 0. The van der Waals surface area contributed by atoms with Gasteiger partial charge in [0.15, 0.2) is 5.78 Å². The van der Waals surface area contributed by atoms with Crippen LogP contribution >= 0.6 is 0 Å². The van der Waals surface area contributed by atoms with Crippen molar-refractivity contribution in [2.75, 3.05) is 13.1 Å². The van der Waals surface area contributed by atoms with E-state index in [0.717, 1.165) is 34.2 Å². The van der Waals surface area contributed by atoms with Crippen LogP contribution < -0.4 is 0 Å². The van der Waals surface area contributed by atoms with Crippen LogP contribution in [0.4, 0.5) is 0 Å². The lowest BCUT2D eigenvalue weighted by Crippen LogP contribution is -2.29. The number of carbonyl (C=O) groups excluding carboxylic acids is 2. The Hall–Kier alpha value is -5.22. The number of likely N-dealkylation sites (tertiary alicyclic amines) is 1. The van der Waals surface area contributed by atoms with Gasteiger partial charge in [-0.2, -0.15) is 0 Å². The van der Waals surface area contributed by atoms with Crippen LogP contribution in [-0.2, 0) is 7.05 Å². The lowest BCUT2D eigenvalue weighted by atomic mass is 9.87. The lowest BCUT2D eigenvalue weighted by Gasteiger charge is -2.21. The van der Waals surface area contributed by atoms with E-state index in [-0.39, 0.29) is 17.6 Å². The minimum absolute atomic E-state index is 0.0154. The van der Waals surface area contributed by atoms with Gasteiger partial charge in [-0.15, -0.1) is 0 Å². The summed E-state index contributed by atoms with van der Waals surface area (Å²) in [6, 6.07) is 40.2. The van der Waals surface area contributed by atoms with Gasteiger partial charge in [0.2, 0.25) is 0 Å². The van der Waals surface area contributed by atoms with Gasteiger partial charge in [0.25, 0.3) is 5.91 Å². The molecule has 0 spiro atoms. The molecule has 1 unspecified atom stereocenters. The number of hydrogen-bond acceptors (Lipinski definition) is 2. The molecule has 6 aromatic rings. The molecule has 1 aliphatic rings. The fourth-order valence-electron chi connectivity index (χ4n) is 6.75. The number of rotatable bonds is 6. The molecular formula is C40H34N2O2. The molecular weight excluding hydrogens is 540 g/mol. The fourth-order valence-corrected chi connectivity index (χ4v) is 6.75. The zero-order valence-electron chi connectivity index (χ0n) is 25.0. The zero-order chi connectivity index (χ0) is 30.2. The molecule has 1 atom stereocenters. The summed E-state index contributed by atoms with van der Waals surface area (Å²) in [6.45, 7) is 3.28. The second-order valence-electron chi connectivity index (χ2n) is 11.7. The Morgan fingerprint density at radius 1 is 0.705 bits per heavy atom. The molecule has 1 aromatic heterocycles. The topological polar surface area (TPSA) is 42.3 Å². The van der Waals surface area contributed by atoms with Crippen molar-refractivity contribution in [2.24, 2.45) is 7.05 Å². The highest BCUT2D eigenvalue weighted by Gasteiger charge is 2.31. The van der Waals surface area contributed by atoms with Crippen molar-refractivity contribution in [1.29, 1.82) is 0 Å². The van der Waals surface area contributed by atoms with Gasteiger partial charge < -0.3 is 9.47 Å². The van der Waals surface area contributed by atoms with E-state index < -0.39 is 0 Å². The van der Waals surface area contributed by atoms with Crippen molar-refractivity contribution < 1.29 is 9.59 Å². The van der Waals surface area contributed by atoms with Crippen LogP contribution in [0.1, 0.15) is 49.7 Å². The molecule has 2 heterocycles. The molecule has 0 aliphatic carbocycles. The molecule has 5 aromatic carbocycles. The molecule has 1 fully saturated rings. The minimum Gasteiger partial charge on any atom is -0.350 e. The Morgan fingerprint density at radius 2 is 1.34 bits per heavy atom. The van der Waals surface area contributed by atoms with Crippen LogP contribution in [-0.4, -0.2) is 34.2 Å². The Bertz CT molecular complexity index is 1990. The number of hydrogen-bond donors (Lipinski definition) is 0. The number of ketones is 1. The van der Waals surface area contributed by atoms with E-state index in [1.165, 1.54) is 16.5 Å². The van der Waals surface area contributed by atoms with Crippen molar-refractivity contribution in [3.63, 3.8) is 0 Å². The van der Waals surface area contributed by atoms with Crippen molar-refractivity contribution in [2.45, 2.75) is 19.3 Å². The van der Waals surface area contributed by atoms with E-state index in [1.807, 2.05) is 96.8 Å². The summed E-state index contributed by atoms with van der Waals surface area (Å²) in [5, 5.41) is 1.25. The third-order valence-electron chi connectivity index (χ3n) is 9.10. The summed E-state index contributed by atoms with van der Waals surface area (Å²) in [5.74, 6) is 0.183. The van der Waals surface area contributed by atoms with E-state index in [1.54, 1.807) is 0 Å². The number of carbonyl (C=O) groups is 2. The smallest absolute Gasteiger partial charge is 0.254 e. The average molecular weight is 575 g/mol. The first kappa shape index (κ1) is 27.6. The Balaban J connectivity index is 1.22. The maximum atomic E-state index is 14.2. The van der Waals surface area contributed by atoms with Gasteiger partial charge >= 0.3 is 0 Å². The predicted molar refractivity (Wildman–Crippen MR) is 178 cm³/mol. The molecule has 4 heteroatoms. The largest absolute Gasteiger partial charge is 0.350 e. The number of fused-ring (bicyclic) bond motifs is 1. The van der Waals surface area contributed by atoms with E-state index in [9.17, 15) is 9.59 Å². The first-order valence-corrected chi connectivity index (χ1v) is 15.2. The van der Waals surface area contributed by atoms with Gasteiger partial charge in [0.05, 0.1) is 0 Å². The zero-order valence-corrected chi connectivity index (χ0v) is 25.0. The third kappa shape index (κ3) is 4.92. The maximum absolute atomic E-state index is 14.2. The van der Waals surface area contributed by atoms with Gasteiger partial charge in [0.1, 0.15) is 0 Å². The monoisotopic (exact) mass is 574 g/mol. The molecule has 0 bridgehead atoms. The second kappa shape index (κ2) is 11.5. The molecule has 0 saturated carbocycles. The first-order valence-electron chi connectivity index (χ1n) is 15.2. The summed E-state index contributed by atoms with van der Waals surface area (Å²) in [7, 11) is 2.08. The summed E-state index contributed by atoms with van der Waals surface area (Å²) in [6.07, 6.45) is 3.13. The van der Waals surface area contributed by atoms with Crippen molar-refractivity contribution in [3.8, 4) is 22.3 Å². The van der Waals surface area contributed by atoms with E-state index in [4.69, 9.17) is 0 Å². The number of aromatic nitrogens is 1. The van der Waals surface area contributed by atoms with Crippen LogP contribution in [0.25, 0.3) is 33.2 Å². The van der Waals surface area contributed by atoms with E-state index in [0.29, 0.717) is 29.8 Å². The number of amides is 1. The average Bonchev–Trinajstić information content (AvgIpc) is 3.70. The van der Waals surface area contributed by atoms with Crippen molar-refractivity contribution in [1.82, 2.24) is 9.47 Å². The highest BCUT2D eigenvalue weighted by Crippen LogP contribution is 2.36. The van der Waals surface area contributed by atoms with Crippen LogP contribution in [0.3, 0.4) is 0 Å². The van der Waals surface area contributed by atoms with Gasteiger partial charge in [0, 0.05) is 59.8 Å². The maximum Gasteiger partial charge on any atom is 0.254 e. The molecule has 1 saturated heterocycles. The standard InChI is InChI=1S/C40H34N2O2/c1-27-33(40(44)42-24-23-32(25-42)36-26-41(2)37-16-10-9-15-35(36)37)21-22-34(30-13-7-4-8-14-30)38(27)39(43)31-19-17-29(18-20-31)28-11-5-3-6-12-28/h3-22,26,32H,23-25H2,1-2H3. The van der Waals surface area contributed by atoms with Crippen molar-refractivity contribution >= 4 is 22.6 Å². The Kier molecular flexibility index (Phi) is 7.19. The molecule has 0 N–H and O–H groups in total. The van der Waals surface area contributed by atoms with Gasteiger partial charge in [-0.05, 0) is 58.9 Å². The molecule has 1 aliphatic heterocycles. The number of nitrogens with zero attached hydrogens (tertiary/aromatic N) is 2. The molecule has 4 nitrogen and oxygen atoms in total. The van der Waals surface area contributed by atoms with Crippen LogP contribution in [0.2, 0.25) is 0 Å². The first-order chi connectivity index (χ1) is 21.5. The number of benzene rings is 5. The van der Waals surface area contributed by atoms with Crippen LogP contribution in [0.5, 0.6) is 0 Å². The number of para-hydroxylation sites is 1. The molecule has 1 amide bonds. The normalized spacial score (nSPS) is 14.7. The quantitative estimate of drug-likeness (QED) is 0.187. The van der Waals surface area contributed by atoms with Crippen LogP contribution in [0.15, 0.2) is 128 Å².